The maximum atomic E-state index is 13.5. The van der Waals surface area contributed by atoms with Gasteiger partial charge in [-0.1, -0.05) is 13.0 Å². The summed E-state index contributed by atoms with van der Waals surface area (Å²) in [5.41, 5.74) is 1.29. The van der Waals surface area contributed by atoms with Crippen molar-refractivity contribution < 1.29 is 9.18 Å². The highest BCUT2D eigenvalue weighted by molar-refractivity contribution is 7.15. The number of fused-ring (bicyclic) bond motifs is 1. The van der Waals surface area contributed by atoms with Crippen LogP contribution in [0.2, 0.25) is 0 Å². The zero-order chi connectivity index (χ0) is 17.6. The van der Waals surface area contributed by atoms with E-state index in [2.05, 4.69) is 16.7 Å². The number of halogens is 1. The van der Waals surface area contributed by atoms with Gasteiger partial charge in [0.1, 0.15) is 16.5 Å². The van der Waals surface area contributed by atoms with E-state index >= 15 is 0 Å². The molecule has 4 rings (SSSR count). The van der Waals surface area contributed by atoms with Gasteiger partial charge in [0.25, 0.3) is 5.91 Å². The Bertz CT molecular complexity index is 947. The zero-order valence-electron chi connectivity index (χ0n) is 14.3. The number of imidazole rings is 1. The molecule has 3 heterocycles. The highest BCUT2D eigenvalue weighted by Gasteiger charge is 2.38. The maximum Gasteiger partial charge on any atom is 0.253 e. The third-order valence-corrected chi connectivity index (χ3v) is 5.93. The van der Waals surface area contributed by atoms with E-state index in [0.717, 1.165) is 29.2 Å². The molecule has 0 unspecified atom stereocenters. The third kappa shape index (κ3) is 2.74. The van der Waals surface area contributed by atoms with Crippen molar-refractivity contribution in [3.8, 4) is 0 Å². The normalized spacial score (nSPS) is 21.0. The third-order valence-electron chi connectivity index (χ3n) is 5.06. The van der Waals surface area contributed by atoms with Crippen LogP contribution in [0.15, 0.2) is 35.8 Å². The first-order valence-corrected chi connectivity index (χ1v) is 9.33. The van der Waals surface area contributed by atoms with Crippen molar-refractivity contribution in [2.45, 2.75) is 32.1 Å². The minimum atomic E-state index is -0.379. The molecule has 1 amide bonds. The first kappa shape index (κ1) is 16.3. The number of benzene rings is 1. The molecule has 0 radical (unpaired) electrons. The van der Waals surface area contributed by atoms with Crippen LogP contribution in [0.4, 0.5) is 4.39 Å². The van der Waals surface area contributed by atoms with Gasteiger partial charge >= 0.3 is 0 Å². The second-order valence-corrected chi connectivity index (χ2v) is 7.88. The SMILES string of the molecule is Cc1nc([C@@]2(C)CCCN(C(=O)c3cccc(F)c3)C2)c2sccn12. The van der Waals surface area contributed by atoms with Gasteiger partial charge in [-0.2, -0.15) is 0 Å². The number of piperidine rings is 1. The van der Waals surface area contributed by atoms with Crippen LogP contribution in [0.3, 0.4) is 0 Å². The van der Waals surface area contributed by atoms with E-state index in [4.69, 9.17) is 4.98 Å². The average molecular weight is 357 g/mol. The monoisotopic (exact) mass is 357 g/mol. The molecular weight excluding hydrogens is 337 g/mol. The summed E-state index contributed by atoms with van der Waals surface area (Å²) in [5.74, 6) is 0.487. The van der Waals surface area contributed by atoms with Crippen molar-refractivity contribution in [2.24, 2.45) is 0 Å². The molecule has 1 atom stereocenters. The number of carbonyl (C=O) groups excluding carboxylic acids is 1. The number of amides is 1. The van der Waals surface area contributed by atoms with E-state index in [9.17, 15) is 9.18 Å². The highest BCUT2D eigenvalue weighted by Crippen LogP contribution is 2.37. The minimum Gasteiger partial charge on any atom is -0.338 e. The number of thiazole rings is 1. The van der Waals surface area contributed by atoms with E-state index < -0.39 is 0 Å². The van der Waals surface area contributed by atoms with E-state index in [1.54, 1.807) is 23.5 Å². The second kappa shape index (κ2) is 5.95. The number of aryl methyl sites for hydroxylation is 1. The van der Waals surface area contributed by atoms with Crippen LogP contribution in [0.1, 0.15) is 41.6 Å². The molecule has 6 heteroatoms. The molecule has 3 aromatic rings. The van der Waals surface area contributed by atoms with Gasteiger partial charge in [-0.25, -0.2) is 9.37 Å². The summed E-state index contributed by atoms with van der Waals surface area (Å²) in [6, 6.07) is 5.93. The quantitative estimate of drug-likeness (QED) is 0.694. The smallest absolute Gasteiger partial charge is 0.253 e. The molecule has 25 heavy (non-hydrogen) atoms. The molecule has 1 fully saturated rings. The van der Waals surface area contributed by atoms with Crippen molar-refractivity contribution in [3.05, 3.63) is 58.7 Å². The number of nitrogens with zero attached hydrogens (tertiary/aromatic N) is 3. The van der Waals surface area contributed by atoms with Gasteiger partial charge in [-0.3, -0.25) is 9.20 Å². The van der Waals surface area contributed by atoms with Crippen LogP contribution in [-0.2, 0) is 5.41 Å². The Balaban J connectivity index is 1.66. The van der Waals surface area contributed by atoms with Crippen molar-refractivity contribution in [1.82, 2.24) is 14.3 Å². The fraction of sp³-hybridized carbons (Fsp3) is 0.368. The van der Waals surface area contributed by atoms with Gasteiger partial charge in [0.05, 0.1) is 5.69 Å². The van der Waals surface area contributed by atoms with E-state index in [0.29, 0.717) is 18.7 Å². The van der Waals surface area contributed by atoms with Crippen LogP contribution in [0, 0.1) is 12.7 Å². The predicted molar refractivity (Wildman–Crippen MR) is 96.7 cm³/mol. The fourth-order valence-corrected chi connectivity index (χ4v) is 4.79. The number of likely N-dealkylation sites (tertiary alicyclic amines) is 1. The summed E-state index contributed by atoms with van der Waals surface area (Å²) >= 11 is 1.68. The van der Waals surface area contributed by atoms with Crippen LogP contribution in [-0.4, -0.2) is 33.3 Å². The number of hydrogen-bond donors (Lipinski definition) is 0. The van der Waals surface area contributed by atoms with Crippen LogP contribution in [0.25, 0.3) is 4.83 Å². The van der Waals surface area contributed by atoms with Gasteiger partial charge in [-0.05, 0) is 38.0 Å². The number of hydrogen-bond acceptors (Lipinski definition) is 3. The molecule has 1 aliphatic heterocycles. The Morgan fingerprint density at radius 1 is 1.40 bits per heavy atom. The van der Waals surface area contributed by atoms with Gasteiger partial charge < -0.3 is 4.90 Å². The molecule has 1 saturated heterocycles. The Morgan fingerprint density at radius 2 is 2.24 bits per heavy atom. The number of aromatic nitrogens is 2. The lowest BCUT2D eigenvalue weighted by Gasteiger charge is -2.39. The lowest BCUT2D eigenvalue weighted by molar-refractivity contribution is 0.0649. The molecule has 1 aromatic carbocycles. The first-order chi connectivity index (χ1) is 12.0. The molecule has 130 valence electrons. The molecule has 1 aliphatic rings. The van der Waals surface area contributed by atoms with Crippen molar-refractivity contribution >= 4 is 22.1 Å². The summed E-state index contributed by atoms with van der Waals surface area (Å²) in [4.78, 5) is 20.6. The summed E-state index contributed by atoms with van der Waals surface area (Å²) in [6.45, 7) is 5.49. The zero-order valence-corrected chi connectivity index (χ0v) is 15.1. The molecular formula is C19H20FN3OS. The Hall–Kier alpha value is -2.21. The minimum absolute atomic E-state index is 0.108. The lowest BCUT2D eigenvalue weighted by Crippen LogP contribution is -2.47. The van der Waals surface area contributed by atoms with E-state index in [1.807, 2.05) is 18.0 Å². The van der Waals surface area contributed by atoms with Crippen molar-refractivity contribution in [2.75, 3.05) is 13.1 Å². The van der Waals surface area contributed by atoms with Crippen LogP contribution in [0.5, 0.6) is 0 Å². The number of carbonyl (C=O) groups is 1. The largest absolute Gasteiger partial charge is 0.338 e. The van der Waals surface area contributed by atoms with Crippen molar-refractivity contribution in [3.63, 3.8) is 0 Å². The van der Waals surface area contributed by atoms with Crippen LogP contribution >= 0.6 is 11.3 Å². The molecule has 0 aliphatic carbocycles. The standard InChI is InChI=1S/C19H20FN3OS/c1-13-21-16(18-23(13)9-10-25-18)19(2)7-4-8-22(12-19)17(24)14-5-3-6-15(20)11-14/h3,5-6,9-11H,4,7-8,12H2,1-2H3/t19-/m0/s1. The maximum absolute atomic E-state index is 13.5. The topological polar surface area (TPSA) is 37.6 Å². The van der Waals surface area contributed by atoms with Gasteiger partial charge in [0.15, 0.2) is 0 Å². The number of rotatable bonds is 2. The van der Waals surface area contributed by atoms with Gasteiger partial charge in [0.2, 0.25) is 0 Å². The lowest BCUT2D eigenvalue weighted by atomic mass is 9.79. The van der Waals surface area contributed by atoms with Gasteiger partial charge in [0, 0.05) is 35.6 Å². The molecule has 0 N–H and O–H groups in total. The van der Waals surface area contributed by atoms with Crippen molar-refractivity contribution in [1.29, 1.82) is 0 Å². The van der Waals surface area contributed by atoms with Crippen LogP contribution < -0.4 is 0 Å². The van der Waals surface area contributed by atoms with E-state index in [-0.39, 0.29) is 17.1 Å². The molecule has 0 saturated carbocycles. The summed E-state index contributed by atoms with van der Waals surface area (Å²) in [5, 5.41) is 2.06. The average Bonchev–Trinajstić information content (AvgIpc) is 3.18. The highest BCUT2D eigenvalue weighted by atomic mass is 32.1. The van der Waals surface area contributed by atoms with Gasteiger partial charge in [-0.15, -0.1) is 11.3 Å². The first-order valence-electron chi connectivity index (χ1n) is 8.45. The Labute approximate surface area is 149 Å². The van der Waals surface area contributed by atoms with E-state index in [1.165, 1.54) is 12.1 Å². The molecule has 4 nitrogen and oxygen atoms in total. The summed E-state index contributed by atoms with van der Waals surface area (Å²) in [7, 11) is 0. The second-order valence-electron chi connectivity index (χ2n) is 6.99. The summed E-state index contributed by atoms with van der Waals surface area (Å²) < 4.78 is 15.6. The molecule has 2 aromatic heterocycles. The molecule has 0 spiro atoms. The predicted octanol–water partition coefficient (Wildman–Crippen LogP) is 4.04. The Kier molecular flexibility index (Phi) is 3.87. The summed E-state index contributed by atoms with van der Waals surface area (Å²) in [6.07, 6.45) is 3.94. The molecule has 0 bridgehead atoms. The Morgan fingerprint density at radius 3 is 3.04 bits per heavy atom. The fourth-order valence-electron chi connectivity index (χ4n) is 3.77.